The molecule has 0 radical (unpaired) electrons. The maximum absolute atomic E-state index is 12.2. The van der Waals surface area contributed by atoms with Crippen molar-refractivity contribution in [3.05, 3.63) is 89.0 Å². The minimum absolute atomic E-state index is 0.407. The fourth-order valence-corrected chi connectivity index (χ4v) is 4.80. The molecule has 1 aliphatic rings. The minimum atomic E-state index is -0.407. The first-order chi connectivity index (χ1) is 18.2. The van der Waals surface area contributed by atoms with E-state index in [0.717, 1.165) is 67.7 Å². The number of ether oxygens (including phenoxy) is 2. The third-order valence-corrected chi connectivity index (χ3v) is 6.92. The van der Waals surface area contributed by atoms with Crippen LogP contribution in [-0.4, -0.2) is 49.3 Å². The Labute approximate surface area is 217 Å². The van der Waals surface area contributed by atoms with Gasteiger partial charge in [-0.25, -0.2) is 4.79 Å². The van der Waals surface area contributed by atoms with Gasteiger partial charge in [-0.15, -0.1) is 0 Å². The number of rotatable bonds is 10. The van der Waals surface area contributed by atoms with Crippen molar-refractivity contribution in [2.75, 3.05) is 33.4 Å². The second kappa shape index (κ2) is 12.0. The molecule has 7 heteroatoms. The molecule has 0 bridgehead atoms. The number of nitrogens with one attached hydrogen (secondary N) is 1. The van der Waals surface area contributed by atoms with Crippen LogP contribution in [0.4, 0.5) is 0 Å². The predicted octanol–water partition coefficient (Wildman–Crippen LogP) is 4.89. The van der Waals surface area contributed by atoms with Gasteiger partial charge >= 0.3 is 5.63 Å². The molecule has 3 heterocycles. The molecule has 37 heavy (non-hydrogen) atoms. The molecule has 0 spiro atoms. The molecule has 192 valence electrons. The molecule has 5 rings (SSSR count). The Morgan fingerprint density at radius 1 is 1.05 bits per heavy atom. The van der Waals surface area contributed by atoms with Crippen molar-refractivity contribution in [3.63, 3.8) is 0 Å². The fraction of sp³-hybridized carbons (Fsp3) is 0.333. The van der Waals surface area contributed by atoms with Gasteiger partial charge < -0.3 is 24.1 Å². The predicted molar refractivity (Wildman–Crippen MR) is 145 cm³/mol. The Kier molecular flexibility index (Phi) is 8.13. The molecule has 1 fully saturated rings. The summed E-state index contributed by atoms with van der Waals surface area (Å²) in [4.78, 5) is 18.8. The summed E-state index contributed by atoms with van der Waals surface area (Å²) in [6, 6.07) is 19.9. The van der Waals surface area contributed by atoms with Crippen molar-refractivity contribution in [2.24, 2.45) is 0 Å². The molecule has 0 amide bonds. The summed E-state index contributed by atoms with van der Waals surface area (Å²) in [6.07, 6.45) is 6.71. The summed E-state index contributed by atoms with van der Waals surface area (Å²) in [6.45, 7) is 4.57. The number of nitrogens with zero attached hydrogens (tertiary/aromatic N) is 2. The highest BCUT2D eigenvalue weighted by atomic mass is 16.5. The first-order valence-corrected chi connectivity index (χ1v) is 12.9. The summed E-state index contributed by atoms with van der Waals surface area (Å²) in [5.74, 6) is 1.46. The molecule has 2 aromatic heterocycles. The Morgan fingerprint density at radius 2 is 1.89 bits per heavy atom. The zero-order valence-corrected chi connectivity index (χ0v) is 21.2. The van der Waals surface area contributed by atoms with Crippen LogP contribution in [-0.2, 0) is 6.54 Å². The number of piperidine rings is 1. The summed E-state index contributed by atoms with van der Waals surface area (Å²) in [7, 11) is 1.69. The highest BCUT2D eigenvalue weighted by Crippen LogP contribution is 2.28. The monoisotopic (exact) mass is 499 g/mol. The van der Waals surface area contributed by atoms with Gasteiger partial charge in [-0.3, -0.25) is 4.98 Å². The largest absolute Gasteiger partial charge is 0.497 e. The van der Waals surface area contributed by atoms with E-state index in [9.17, 15) is 4.79 Å². The van der Waals surface area contributed by atoms with E-state index >= 15 is 0 Å². The Balaban J connectivity index is 1.08. The first kappa shape index (κ1) is 25.0. The Bertz CT molecular complexity index is 1350. The number of hydrogen-bond donors (Lipinski definition) is 1. The summed E-state index contributed by atoms with van der Waals surface area (Å²) in [5, 5.41) is 4.49. The lowest BCUT2D eigenvalue weighted by atomic mass is 10.0. The van der Waals surface area contributed by atoms with Crippen LogP contribution in [0.25, 0.3) is 22.1 Å². The van der Waals surface area contributed by atoms with Gasteiger partial charge in [0.2, 0.25) is 0 Å². The normalized spacial score (nSPS) is 14.6. The molecule has 2 aromatic carbocycles. The van der Waals surface area contributed by atoms with E-state index in [1.54, 1.807) is 19.5 Å². The molecular formula is C30H33N3O4. The summed E-state index contributed by atoms with van der Waals surface area (Å²) < 4.78 is 16.7. The summed E-state index contributed by atoms with van der Waals surface area (Å²) >= 11 is 0. The topological polar surface area (TPSA) is 76.8 Å². The number of pyridine rings is 1. The van der Waals surface area contributed by atoms with Crippen LogP contribution >= 0.6 is 0 Å². The van der Waals surface area contributed by atoms with Crippen molar-refractivity contribution in [1.82, 2.24) is 15.2 Å². The van der Waals surface area contributed by atoms with E-state index in [4.69, 9.17) is 13.9 Å². The number of benzene rings is 2. The van der Waals surface area contributed by atoms with Crippen LogP contribution in [0.15, 0.2) is 82.3 Å². The molecule has 4 aromatic rings. The molecule has 0 unspecified atom stereocenters. The van der Waals surface area contributed by atoms with Gasteiger partial charge in [-0.05, 0) is 73.8 Å². The third-order valence-electron chi connectivity index (χ3n) is 6.92. The van der Waals surface area contributed by atoms with Crippen molar-refractivity contribution >= 4 is 11.0 Å². The average molecular weight is 500 g/mol. The van der Waals surface area contributed by atoms with Gasteiger partial charge in [0.1, 0.15) is 17.1 Å². The molecule has 1 aliphatic heterocycles. The van der Waals surface area contributed by atoms with E-state index < -0.39 is 5.63 Å². The molecule has 1 N–H and O–H groups in total. The highest BCUT2D eigenvalue weighted by Gasteiger charge is 2.18. The van der Waals surface area contributed by atoms with Gasteiger partial charge in [0.25, 0.3) is 0 Å². The SMILES string of the molecule is COc1ccc(CNC2CCN(CCCOc3cc(=O)oc4cc(-c5cccnc5)ccc34)CC2)cc1. The Morgan fingerprint density at radius 3 is 2.65 bits per heavy atom. The van der Waals surface area contributed by atoms with E-state index in [2.05, 4.69) is 27.3 Å². The first-order valence-electron chi connectivity index (χ1n) is 12.9. The molecule has 1 saturated heterocycles. The lowest BCUT2D eigenvalue weighted by molar-refractivity contribution is 0.182. The quantitative estimate of drug-likeness (QED) is 0.246. The average Bonchev–Trinajstić information content (AvgIpc) is 2.95. The van der Waals surface area contributed by atoms with Crippen molar-refractivity contribution in [3.8, 4) is 22.6 Å². The fourth-order valence-electron chi connectivity index (χ4n) is 4.80. The van der Waals surface area contributed by atoms with E-state index in [-0.39, 0.29) is 0 Å². The lowest BCUT2D eigenvalue weighted by Gasteiger charge is -2.32. The van der Waals surface area contributed by atoms with Crippen molar-refractivity contribution in [2.45, 2.75) is 31.8 Å². The van der Waals surface area contributed by atoms with Crippen LogP contribution in [0, 0.1) is 0 Å². The number of fused-ring (bicyclic) bond motifs is 1. The van der Waals surface area contributed by atoms with E-state index in [1.807, 2.05) is 42.5 Å². The van der Waals surface area contributed by atoms with Gasteiger partial charge in [0, 0.05) is 37.1 Å². The van der Waals surface area contributed by atoms with Crippen LogP contribution in [0.2, 0.25) is 0 Å². The molecule has 0 saturated carbocycles. The lowest BCUT2D eigenvalue weighted by Crippen LogP contribution is -2.42. The highest BCUT2D eigenvalue weighted by molar-refractivity contribution is 5.87. The standard InChI is InChI=1S/C30H33N3O4/c1-35-26-8-5-22(6-9-26)20-32-25-11-15-33(16-12-25)14-3-17-36-28-19-30(34)37-29-18-23(7-10-27(28)29)24-4-2-13-31-21-24/h2,4-10,13,18-19,21,25,32H,3,11-12,14-17,20H2,1H3. The zero-order chi connectivity index (χ0) is 25.5. The van der Waals surface area contributed by atoms with Gasteiger partial charge in [0.15, 0.2) is 0 Å². The molecule has 0 aliphatic carbocycles. The van der Waals surface area contributed by atoms with Crippen LogP contribution < -0.4 is 20.4 Å². The number of likely N-dealkylation sites (tertiary alicyclic amines) is 1. The molecule has 7 nitrogen and oxygen atoms in total. The van der Waals surface area contributed by atoms with Crippen molar-refractivity contribution in [1.29, 1.82) is 0 Å². The maximum Gasteiger partial charge on any atom is 0.339 e. The second-order valence-corrected chi connectivity index (χ2v) is 9.43. The van der Waals surface area contributed by atoms with Gasteiger partial charge in [-0.2, -0.15) is 0 Å². The number of hydrogen-bond acceptors (Lipinski definition) is 7. The van der Waals surface area contributed by atoms with Crippen LogP contribution in [0.5, 0.6) is 11.5 Å². The van der Waals surface area contributed by atoms with Crippen molar-refractivity contribution < 1.29 is 13.9 Å². The van der Waals surface area contributed by atoms with Crippen LogP contribution in [0.1, 0.15) is 24.8 Å². The number of methoxy groups -OCH3 is 1. The smallest absolute Gasteiger partial charge is 0.339 e. The minimum Gasteiger partial charge on any atom is -0.497 e. The third kappa shape index (κ3) is 6.56. The number of aromatic nitrogens is 1. The van der Waals surface area contributed by atoms with Crippen LogP contribution in [0.3, 0.4) is 0 Å². The van der Waals surface area contributed by atoms with Gasteiger partial charge in [-0.1, -0.05) is 24.3 Å². The zero-order valence-electron chi connectivity index (χ0n) is 21.2. The molecule has 0 atom stereocenters. The molecular weight excluding hydrogens is 466 g/mol. The summed E-state index contributed by atoms with van der Waals surface area (Å²) in [5.41, 5.74) is 3.31. The van der Waals surface area contributed by atoms with E-state index in [0.29, 0.717) is 24.0 Å². The second-order valence-electron chi connectivity index (χ2n) is 9.43. The maximum atomic E-state index is 12.2. The van der Waals surface area contributed by atoms with Gasteiger partial charge in [0.05, 0.1) is 25.2 Å². The van der Waals surface area contributed by atoms with E-state index in [1.165, 1.54) is 11.6 Å². The Hall–Kier alpha value is -3.68.